The second-order valence-corrected chi connectivity index (χ2v) is 5.84. The fraction of sp³-hybridized carbons (Fsp3) is 0.118. The largest absolute Gasteiger partial charge is 0.503 e. The van der Waals surface area contributed by atoms with Crippen molar-refractivity contribution in [3.8, 4) is 22.6 Å². The second-order valence-electron chi connectivity index (χ2n) is 5.06. The molecule has 2 heterocycles. The van der Waals surface area contributed by atoms with Crippen molar-refractivity contribution >= 4 is 11.3 Å². The molecule has 1 aromatic carbocycles. The Morgan fingerprint density at radius 2 is 2.00 bits per heavy atom. The van der Waals surface area contributed by atoms with Gasteiger partial charge in [-0.25, -0.2) is 0 Å². The maximum absolute atomic E-state index is 11.6. The van der Waals surface area contributed by atoms with Gasteiger partial charge in [0.15, 0.2) is 5.75 Å². The van der Waals surface area contributed by atoms with Gasteiger partial charge in [0.1, 0.15) is 0 Å². The first-order valence-corrected chi connectivity index (χ1v) is 7.77. The Hall–Kier alpha value is -2.37. The quantitative estimate of drug-likeness (QED) is 0.779. The molecule has 0 spiro atoms. The molecule has 4 nitrogen and oxygen atoms in total. The van der Waals surface area contributed by atoms with Gasteiger partial charge in [-0.2, -0.15) is 11.3 Å². The first-order valence-electron chi connectivity index (χ1n) is 6.83. The number of nitrogens with zero attached hydrogens (tertiary/aromatic N) is 1. The molecule has 0 aliphatic carbocycles. The lowest BCUT2D eigenvalue weighted by molar-refractivity contribution is 0.191. The monoisotopic (exact) mass is 313 g/mol. The van der Waals surface area contributed by atoms with Gasteiger partial charge in [-0.15, -0.1) is 0 Å². The van der Waals surface area contributed by atoms with Crippen molar-refractivity contribution in [2.75, 3.05) is 0 Å². The van der Waals surface area contributed by atoms with Crippen molar-refractivity contribution in [2.24, 2.45) is 0 Å². The van der Waals surface area contributed by atoms with E-state index in [1.54, 1.807) is 22.8 Å². The zero-order valence-electron chi connectivity index (χ0n) is 11.9. The molecule has 5 heteroatoms. The Morgan fingerprint density at radius 3 is 2.68 bits per heavy atom. The molecule has 0 bridgehead atoms. The molecule has 2 aromatic heterocycles. The highest BCUT2D eigenvalue weighted by Gasteiger charge is 2.12. The van der Waals surface area contributed by atoms with Crippen molar-refractivity contribution in [1.29, 1.82) is 0 Å². The standard InChI is InChI=1S/C17H15NO3S/c1-11(19)15-8-16(20)17(21)9-18(15)14-4-2-3-12(7-14)13-5-6-22-10-13/h2-11,19,21H,1H3/t11-/m1/s1. The van der Waals surface area contributed by atoms with Crippen LogP contribution in [0.1, 0.15) is 18.7 Å². The lowest BCUT2D eigenvalue weighted by Gasteiger charge is -2.16. The van der Waals surface area contributed by atoms with Gasteiger partial charge in [0.05, 0.1) is 18.0 Å². The van der Waals surface area contributed by atoms with Crippen molar-refractivity contribution in [3.05, 3.63) is 69.3 Å². The average Bonchev–Trinajstić information content (AvgIpc) is 3.04. The number of aliphatic hydroxyl groups is 1. The highest BCUT2D eigenvalue weighted by molar-refractivity contribution is 7.08. The Balaban J connectivity index is 2.17. The predicted octanol–water partition coefficient (Wildman–Crippen LogP) is 3.32. The Labute approximate surface area is 131 Å². The molecule has 0 radical (unpaired) electrons. The molecule has 112 valence electrons. The second kappa shape index (κ2) is 5.79. The van der Waals surface area contributed by atoms with Crippen LogP contribution in [0, 0.1) is 0 Å². The lowest BCUT2D eigenvalue weighted by Crippen LogP contribution is -2.13. The van der Waals surface area contributed by atoms with Crippen LogP contribution in [0.25, 0.3) is 16.8 Å². The van der Waals surface area contributed by atoms with E-state index in [1.165, 1.54) is 12.3 Å². The van der Waals surface area contributed by atoms with E-state index in [-0.39, 0.29) is 5.75 Å². The summed E-state index contributed by atoms with van der Waals surface area (Å²) in [5.74, 6) is -0.342. The number of rotatable bonds is 3. The molecule has 1 atom stereocenters. The molecule has 0 saturated carbocycles. The van der Waals surface area contributed by atoms with Gasteiger partial charge >= 0.3 is 0 Å². The third kappa shape index (κ3) is 2.68. The molecule has 0 saturated heterocycles. The summed E-state index contributed by atoms with van der Waals surface area (Å²) in [6.07, 6.45) is 0.523. The fourth-order valence-electron chi connectivity index (χ4n) is 2.35. The number of hydrogen-bond donors (Lipinski definition) is 2. The topological polar surface area (TPSA) is 62.5 Å². The maximum atomic E-state index is 11.6. The summed E-state index contributed by atoms with van der Waals surface area (Å²) in [4.78, 5) is 11.6. The molecular formula is C17H15NO3S. The minimum atomic E-state index is -0.821. The van der Waals surface area contributed by atoms with E-state index in [0.717, 1.165) is 16.8 Å². The van der Waals surface area contributed by atoms with Crippen molar-refractivity contribution in [1.82, 2.24) is 4.57 Å². The van der Waals surface area contributed by atoms with Crippen molar-refractivity contribution in [3.63, 3.8) is 0 Å². The van der Waals surface area contributed by atoms with Gasteiger partial charge in [-0.05, 0) is 47.0 Å². The molecule has 0 fully saturated rings. The molecule has 3 rings (SSSR count). The SMILES string of the molecule is C[C@@H](O)c1cc(=O)c(O)cn1-c1cccc(-c2ccsc2)c1. The first-order chi connectivity index (χ1) is 10.6. The van der Waals surface area contributed by atoms with Gasteiger partial charge in [-0.1, -0.05) is 12.1 Å². The molecule has 0 amide bonds. The van der Waals surface area contributed by atoms with Crippen LogP contribution in [-0.4, -0.2) is 14.8 Å². The number of thiophene rings is 1. The molecule has 22 heavy (non-hydrogen) atoms. The van der Waals surface area contributed by atoms with Crippen LogP contribution < -0.4 is 5.43 Å². The van der Waals surface area contributed by atoms with E-state index < -0.39 is 11.5 Å². The molecule has 0 aliphatic rings. The summed E-state index contributed by atoms with van der Waals surface area (Å²) in [6.45, 7) is 1.59. The van der Waals surface area contributed by atoms with Crippen molar-refractivity contribution in [2.45, 2.75) is 13.0 Å². The summed E-state index contributed by atoms with van der Waals surface area (Å²) in [5.41, 5.74) is 2.85. The van der Waals surface area contributed by atoms with E-state index in [2.05, 4.69) is 5.38 Å². The van der Waals surface area contributed by atoms with Crippen LogP contribution in [0.4, 0.5) is 0 Å². The van der Waals surface area contributed by atoms with Crippen LogP contribution in [0.2, 0.25) is 0 Å². The van der Waals surface area contributed by atoms with Crippen LogP contribution in [0.3, 0.4) is 0 Å². The number of aromatic nitrogens is 1. The van der Waals surface area contributed by atoms with Crippen LogP contribution in [-0.2, 0) is 0 Å². The normalized spacial score (nSPS) is 12.3. The first kappa shape index (κ1) is 14.6. The van der Waals surface area contributed by atoms with E-state index in [9.17, 15) is 15.0 Å². The molecule has 0 unspecified atom stereocenters. The molecule has 3 aromatic rings. The van der Waals surface area contributed by atoms with E-state index in [1.807, 2.05) is 35.7 Å². The third-order valence-electron chi connectivity index (χ3n) is 3.47. The summed E-state index contributed by atoms with van der Waals surface area (Å²) < 4.78 is 1.64. The Bertz CT molecular complexity index is 851. The summed E-state index contributed by atoms with van der Waals surface area (Å²) in [5, 5.41) is 23.7. The minimum absolute atomic E-state index is 0.342. The Morgan fingerprint density at radius 1 is 1.18 bits per heavy atom. The molecular weight excluding hydrogens is 298 g/mol. The number of aromatic hydroxyl groups is 1. The van der Waals surface area contributed by atoms with E-state index in [0.29, 0.717) is 5.69 Å². The number of hydrogen-bond acceptors (Lipinski definition) is 4. The maximum Gasteiger partial charge on any atom is 0.223 e. The van der Waals surface area contributed by atoms with Gasteiger partial charge < -0.3 is 14.8 Å². The van der Waals surface area contributed by atoms with E-state index >= 15 is 0 Å². The van der Waals surface area contributed by atoms with Gasteiger partial charge in [0.2, 0.25) is 5.43 Å². The number of aliphatic hydroxyl groups excluding tert-OH is 1. The zero-order chi connectivity index (χ0) is 15.7. The predicted molar refractivity (Wildman–Crippen MR) is 87.7 cm³/mol. The summed E-state index contributed by atoms with van der Waals surface area (Å²) in [7, 11) is 0. The van der Waals surface area contributed by atoms with Crippen LogP contribution >= 0.6 is 11.3 Å². The van der Waals surface area contributed by atoms with Crippen LogP contribution in [0.15, 0.2) is 58.1 Å². The highest BCUT2D eigenvalue weighted by Crippen LogP contribution is 2.26. The van der Waals surface area contributed by atoms with Gasteiger partial charge in [0.25, 0.3) is 0 Å². The fourth-order valence-corrected chi connectivity index (χ4v) is 3.01. The molecule has 2 N–H and O–H groups in total. The summed E-state index contributed by atoms with van der Waals surface area (Å²) in [6, 6.07) is 11.0. The zero-order valence-corrected chi connectivity index (χ0v) is 12.7. The highest BCUT2D eigenvalue weighted by atomic mass is 32.1. The van der Waals surface area contributed by atoms with Crippen LogP contribution in [0.5, 0.6) is 5.75 Å². The number of benzene rings is 1. The summed E-state index contributed by atoms with van der Waals surface area (Å²) >= 11 is 1.62. The van der Waals surface area contributed by atoms with Crippen molar-refractivity contribution < 1.29 is 10.2 Å². The third-order valence-corrected chi connectivity index (χ3v) is 4.15. The molecule has 0 aliphatic heterocycles. The smallest absolute Gasteiger partial charge is 0.223 e. The number of pyridine rings is 1. The van der Waals surface area contributed by atoms with E-state index in [4.69, 9.17) is 0 Å². The lowest BCUT2D eigenvalue weighted by atomic mass is 10.1. The van der Waals surface area contributed by atoms with Gasteiger partial charge in [-0.3, -0.25) is 4.79 Å². The van der Waals surface area contributed by atoms with Gasteiger partial charge in [0, 0.05) is 11.8 Å². The Kier molecular flexibility index (Phi) is 3.83. The minimum Gasteiger partial charge on any atom is -0.503 e. The average molecular weight is 313 g/mol.